The second-order valence-electron chi connectivity index (χ2n) is 5.51. The van der Waals surface area contributed by atoms with E-state index in [0.29, 0.717) is 23.5 Å². The Kier molecular flexibility index (Phi) is 3.53. The van der Waals surface area contributed by atoms with Crippen LogP contribution >= 0.6 is 0 Å². The molecule has 4 rings (SSSR count). The molecule has 1 aliphatic carbocycles. The SMILES string of the molecule is Fc1cccc(OCc2noc(-c3ccnn3C3CCC3)n2)c1. The molecule has 0 spiro atoms. The van der Waals surface area contributed by atoms with Crippen molar-refractivity contribution in [1.82, 2.24) is 19.9 Å². The van der Waals surface area contributed by atoms with Crippen LogP contribution in [0, 0.1) is 5.82 Å². The minimum absolute atomic E-state index is 0.116. The summed E-state index contributed by atoms with van der Waals surface area (Å²) in [6.07, 6.45) is 5.21. The van der Waals surface area contributed by atoms with Crippen LogP contribution in [0.5, 0.6) is 5.75 Å². The Hall–Kier alpha value is -2.70. The molecule has 1 fully saturated rings. The van der Waals surface area contributed by atoms with Gasteiger partial charge in [-0.05, 0) is 37.5 Å². The Morgan fingerprint density at radius 2 is 2.22 bits per heavy atom. The van der Waals surface area contributed by atoms with E-state index < -0.39 is 0 Å². The van der Waals surface area contributed by atoms with Crippen molar-refractivity contribution in [3.05, 3.63) is 48.2 Å². The molecular weight excluding hydrogens is 299 g/mol. The molecule has 2 heterocycles. The molecule has 0 bridgehead atoms. The minimum Gasteiger partial charge on any atom is -0.485 e. The van der Waals surface area contributed by atoms with Gasteiger partial charge < -0.3 is 9.26 Å². The zero-order chi connectivity index (χ0) is 15.6. The van der Waals surface area contributed by atoms with Gasteiger partial charge in [0.1, 0.15) is 17.3 Å². The Morgan fingerprint density at radius 1 is 1.30 bits per heavy atom. The molecule has 0 saturated heterocycles. The van der Waals surface area contributed by atoms with Gasteiger partial charge in [-0.25, -0.2) is 4.39 Å². The van der Waals surface area contributed by atoms with E-state index in [0.717, 1.165) is 18.5 Å². The Balaban J connectivity index is 1.48. The van der Waals surface area contributed by atoms with E-state index in [4.69, 9.17) is 9.26 Å². The third kappa shape index (κ3) is 2.81. The summed E-state index contributed by atoms with van der Waals surface area (Å²) in [7, 11) is 0. The summed E-state index contributed by atoms with van der Waals surface area (Å²) in [6.45, 7) is 0.116. The lowest BCUT2D eigenvalue weighted by Crippen LogP contribution is -2.18. The Labute approximate surface area is 131 Å². The zero-order valence-electron chi connectivity index (χ0n) is 12.4. The summed E-state index contributed by atoms with van der Waals surface area (Å²) in [5, 5.41) is 8.25. The fraction of sp³-hybridized carbons (Fsp3) is 0.312. The van der Waals surface area contributed by atoms with Crippen molar-refractivity contribution in [2.75, 3.05) is 0 Å². The van der Waals surface area contributed by atoms with Crippen LogP contribution in [-0.4, -0.2) is 19.9 Å². The molecule has 0 aliphatic heterocycles. The van der Waals surface area contributed by atoms with Crippen LogP contribution in [0.1, 0.15) is 31.1 Å². The van der Waals surface area contributed by atoms with Crippen molar-refractivity contribution in [2.45, 2.75) is 31.9 Å². The summed E-state index contributed by atoms with van der Waals surface area (Å²) in [5.41, 5.74) is 0.819. The maximum absolute atomic E-state index is 13.1. The molecule has 2 aromatic heterocycles. The lowest BCUT2D eigenvalue weighted by Gasteiger charge is -2.26. The molecule has 1 aromatic carbocycles. The minimum atomic E-state index is -0.347. The summed E-state index contributed by atoms with van der Waals surface area (Å²) in [5.74, 6) is 0.912. The first-order chi connectivity index (χ1) is 11.3. The highest BCUT2D eigenvalue weighted by atomic mass is 19.1. The first kappa shape index (κ1) is 13.9. The van der Waals surface area contributed by atoms with Gasteiger partial charge in [0.25, 0.3) is 5.89 Å². The summed E-state index contributed by atoms with van der Waals surface area (Å²) in [4.78, 5) is 4.33. The van der Waals surface area contributed by atoms with Crippen LogP contribution in [0.4, 0.5) is 4.39 Å². The van der Waals surface area contributed by atoms with Gasteiger partial charge in [-0.1, -0.05) is 11.2 Å². The topological polar surface area (TPSA) is 66.0 Å². The average Bonchev–Trinajstić information content (AvgIpc) is 3.12. The van der Waals surface area contributed by atoms with E-state index in [1.807, 2.05) is 10.7 Å². The van der Waals surface area contributed by atoms with Crippen LogP contribution in [0.2, 0.25) is 0 Å². The molecular formula is C16H15FN4O2. The molecule has 0 unspecified atom stereocenters. The van der Waals surface area contributed by atoms with E-state index in [2.05, 4.69) is 15.2 Å². The average molecular weight is 314 g/mol. The smallest absolute Gasteiger partial charge is 0.276 e. The van der Waals surface area contributed by atoms with E-state index in [1.54, 1.807) is 18.3 Å². The van der Waals surface area contributed by atoms with E-state index >= 15 is 0 Å². The molecule has 3 aromatic rings. The molecule has 7 heteroatoms. The third-order valence-electron chi connectivity index (χ3n) is 3.94. The highest BCUT2D eigenvalue weighted by molar-refractivity contribution is 5.46. The predicted molar refractivity (Wildman–Crippen MR) is 79.1 cm³/mol. The number of hydrogen-bond acceptors (Lipinski definition) is 5. The molecule has 0 amide bonds. The number of halogens is 1. The van der Waals surface area contributed by atoms with E-state index in [1.165, 1.54) is 18.6 Å². The van der Waals surface area contributed by atoms with Crippen molar-refractivity contribution in [3.8, 4) is 17.3 Å². The summed E-state index contributed by atoms with van der Waals surface area (Å²) in [6, 6.07) is 8.22. The molecule has 6 nitrogen and oxygen atoms in total. The maximum atomic E-state index is 13.1. The lowest BCUT2D eigenvalue weighted by molar-refractivity contribution is 0.283. The first-order valence-corrected chi connectivity index (χ1v) is 7.54. The molecule has 118 valence electrons. The maximum Gasteiger partial charge on any atom is 0.276 e. The second kappa shape index (κ2) is 5.83. The lowest BCUT2D eigenvalue weighted by atomic mass is 9.93. The van der Waals surface area contributed by atoms with Crippen LogP contribution in [-0.2, 0) is 6.61 Å². The molecule has 0 N–H and O–H groups in total. The number of ether oxygens (including phenoxy) is 1. The van der Waals surface area contributed by atoms with E-state index in [9.17, 15) is 4.39 Å². The standard InChI is InChI=1S/C16H15FN4O2/c17-11-3-1-6-13(9-11)22-10-15-19-16(23-20-15)14-7-8-18-21(14)12-4-2-5-12/h1,3,6-9,12H,2,4-5,10H2. The van der Waals surface area contributed by atoms with Gasteiger partial charge in [0.15, 0.2) is 6.61 Å². The number of rotatable bonds is 5. The van der Waals surface area contributed by atoms with Crippen LogP contribution in [0.25, 0.3) is 11.6 Å². The summed E-state index contributed by atoms with van der Waals surface area (Å²) < 4.78 is 25.8. The van der Waals surface area contributed by atoms with Gasteiger partial charge in [0.05, 0.1) is 6.04 Å². The Morgan fingerprint density at radius 3 is 3.00 bits per heavy atom. The fourth-order valence-electron chi connectivity index (χ4n) is 2.53. The molecule has 0 atom stereocenters. The number of aromatic nitrogens is 4. The largest absolute Gasteiger partial charge is 0.485 e. The van der Waals surface area contributed by atoms with Crippen LogP contribution in [0.15, 0.2) is 41.1 Å². The van der Waals surface area contributed by atoms with Gasteiger partial charge in [-0.3, -0.25) is 4.68 Å². The van der Waals surface area contributed by atoms with Gasteiger partial charge in [-0.15, -0.1) is 0 Å². The fourth-order valence-corrected chi connectivity index (χ4v) is 2.53. The monoisotopic (exact) mass is 314 g/mol. The van der Waals surface area contributed by atoms with Crippen molar-refractivity contribution in [1.29, 1.82) is 0 Å². The molecule has 23 heavy (non-hydrogen) atoms. The normalized spacial score (nSPS) is 14.7. The molecule has 1 aliphatic rings. The van der Waals surface area contributed by atoms with E-state index in [-0.39, 0.29) is 12.4 Å². The second-order valence-corrected chi connectivity index (χ2v) is 5.51. The first-order valence-electron chi connectivity index (χ1n) is 7.54. The highest BCUT2D eigenvalue weighted by Crippen LogP contribution is 2.34. The van der Waals surface area contributed by atoms with Gasteiger partial charge in [-0.2, -0.15) is 10.1 Å². The third-order valence-corrected chi connectivity index (χ3v) is 3.94. The van der Waals surface area contributed by atoms with Gasteiger partial charge in [0.2, 0.25) is 5.82 Å². The van der Waals surface area contributed by atoms with Crippen LogP contribution < -0.4 is 4.74 Å². The zero-order valence-corrected chi connectivity index (χ0v) is 12.4. The quantitative estimate of drug-likeness (QED) is 0.722. The van der Waals surface area contributed by atoms with Gasteiger partial charge in [0, 0.05) is 12.3 Å². The van der Waals surface area contributed by atoms with Crippen molar-refractivity contribution in [2.24, 2.45) is 0 Å². The highest BCUT2D eigenvalue weighted by Gasteiger charge is 2.24. The van der Waals surface area contributed by atoms with Crippen molar-refractivity contribution in [3.63, 3.8) is 0 Å². The van der Waals surface area contributed by atoms with Crippen molar-refractivity contribution < 1.29 is 13.7 Å². The number of benzene rings is 1. The number of nitrogens with zero attached hydrogens (tertiary/aromatic N) is 4. The number of hydrogen-bond donors (Lipinski definition) is 0. The van der Waals surface area contributed by atoms with Crippen LogP contribution in [0.3, 0.4) is 0 Å². The predicted octanol–water partition coefficient (Wildman–Crippen LogP) is 3.38. The van der Waals surface area contributed by atoms with Gasteiger partial charge >= 0.3 is 0 Å². The van der Waals surface area contributed by atoms with Crippen molar-refractivity contribution >= 4 is 0 Å². The molecule has 0 radical (unpaired) electrons. The summed E-state index contributed by atoms with van der Waals surface area (Å²) >= 11 is 0. The Bertz CT molecular complexity index is 810. The molecule has 1 saturated carbocycles.